The zero-order valence-corrected chi connectivity index (χ0v) is 17.8. The number of rotatable bonds is 8. The molecule has 2 aromatic rings. The first kappa shape index (κ1) is 20.7. The summed E-state index contributed by atoms with van der Waals surface area (Å²) in [5, 5.41) is 12.6. The normalized spacial score (nSPS) is 22.0. The molecule has 0 radical (unpaired) electrons. The summed E-state index contributed by atoms with van der Waals surface area (Å²) < 4.78 is 12.4. The predicted octanol–water partition coefficient (Wildman–Crippen LogP) is 1.09. The van der Waals surface area contributed by atoms with Crippen LogP contribution in [0, 0.1) is 0 Å². The monoisotopic (exact) mass is 414 g/mol. The Bertz CT molecular complexity index is 866. The number of likely N-dealkylation sites (tertiary alicyclic amines) is 2. The van der Waals surface area contributed by atoms with Crippen molar-refractivity contribution in [3.05, 3.63) is 35.7 Å². The smallest absolute Gasteiger partial charge is 0.227 e. The number of carbonyl (C=O) groups excluding carboxylic acids is 1. The van der Waals surface area contributed by atoms with Gasteiger partial charge in [-0.25, -0.2) is 4.68 Å². The average molecular weight is 415 g/mol. The molecule has 0 N–H and O–H groups in total. The van der Waals surface area contributed by atoms with E-state index in [2.05, 4.69) is 20.4 Å². The molecule has 0 bridgehead atoms. The fraction of sp³-hybridized carbons (Fsp3) is 0.619. The highest BCUT2D eigenvalue weighted by molar-refractivity contribution is 5.79. The Hall–Kier alpha value is -2.52. The Kier molecular flexibility index (Phi) is 6.29. The van der Waals surface area contributed by atoms with Gasteiger partial charge in [0.15, 0.2) is 5.82 Å². The third kappa shape index (κ3) is 4.04. The number of ether oxygens (including phenoxy) is 2. The third-order valence-corrected chi connectivity index (χ3v) is 6.26. The summed E-state index contributed by atoms with van der Waals surface area (Å²) in [6, 6.07) is 7.70. The number of amides is 1. The molecule has 0 spiro atoms. The van der Waals surface area contributed by atoms with E-state index in [1.54, 1.807) is 14.2 Å². The molecule has 2 aliphatic rings. The quantitative estimate of drug-likeness (QED) is 0.639. The van der Waals surface area contributed by atoms with Crippen LogP contribution in [0.4, 0.5) is 0 Å². The fourth-order valence-corrected chi connectivity index (χ4v) is 4.67. The molecule has 1 unspecified atom stereocenters. The van der Waals surface area contributed by atoms with E-state index < -0.39 is 0 Å². The van der Waals surface area contributed by atoms with Crippen molar-refractivity contribution >= 4 is 5.91 Å². The Morgan fingerprint density at radius 2 is 2.03 bits per heavy atom. The Balaban J connectivity index is 1.55. The van der Waals surface area contributed by atoms with Crippen molar-refractivity contribution in [2.45, 2.75) is 37.8 Å². The van der Waals surface area contributed by atoms with Crippen LogP contribution in [-0.2, 0) is 28.0 Å². The lowest BCUT2D eigenvalue weighted by atomic mass is 9.95. The first-order valence-corrected chi connectivity index (χ1v) is 10.6. The van der Waals surface area contributed by atoms with Crippen molar-refractivity contribution in [3.8, 4) is 5.75 Å². The molecule has 9 nitrogen and oxygen atoms in total. The molecule has 4 rings (SSSR count). The minimum Gasteiger partial charge on any atom is -0.497 e. The van der Waals surface area contributed by atoms with Gasteiger partial charge in [-0.05, 0) is 60.5 Å². The van der Waals surface area contributed by atoms with Crippen LogP contribution in [0.2, 0.25) is 0 Å². The number of tetrazole rings is 1. The standard InChI is InChI=1S/C21H30N6O3/c1-29-13-12-27-20(22-23-24-27)21(26-9-3-4-10-26)8-11-25(16-21)19(28)15-17-6-5-7-18(14-17)30-2/h5-7,14H,3-4,8-13,15-16H2,1-2H3. The van der Waals surface area contributed by atoms with Crippen molar-refractivity contribution < 1.29 is 14.3 Å². The molecule has 9 heteroatoms. The molecule has 2 saturated heterocycles. The Morgan fingerprint density at radius 1 is 1.20 bits per heavy atom. The average Bonchev–Trinajstić information content (AvgIpc) is 3.53. The highest BCUT2D eigenvalue weighted by Gasteiger charge is 2.50. The number of benzene rings is 1. The van der Waals surface area contributed by atoms with Gasteiger partial charge in [-0.3, -0.25) is 9.69 Å². The molecule has 3 heterocycles. The molecule has 2 fully saturated rings. The molecule has 1 amide bonds. The second-order valence-electron chi connectivity index (χ2n) is 8.04. The summed E-state index contributed by atoms with van der Waals surface area (Å²) in [7, 11) is 3.31. The summed E-state index contributed by atoms with van der Waals surface area (Å²) in [6.45, 7) is 4.49. The van der Waals surface area contributed by atoms with Crippen LogP contribution in [0.1, 0.15) is 30.7 Å². The molecule has 2 aliphatic heterocycles. The Labute approximate surface area is 176 Å². The molecular formula is C21H30N6O3. The lowest BCUT2D eigenvalue weighted by Crippen LogP contribution is -2.49. The van der Waals surface area contributed by atoms with Gasteiger partial charge in [-0.2, -0.15) is 0 Å². The maximum atomic E-state index is 13.1. The summed E-state index contributed by atoms with van der Waals surface area (Å²) in [4.78, 5) is 17.6. The minimum absolute atomic E-state index is 0.125. The maximum Gasteiger partial charge on any atom is 0.227 e. The topological polar surface area (TPSA) is 85.6 Å². The summed E-state index contributed by atoms with van der Waals surface area (Å²) in [6.07, 6.45) is 3.53. The van der Waals surface area contributed by atoms with E-state index in [0.717, 1.165) is 36.6 Å². The first-order valence-electron chi connectivity index (χ1n) is 10.6. The van der Waals surface area contributed by atoms with Gasteiger partial charge in [-0.15, -0.1) is 5.10 Å². The lowest BCUT2D eigenvalue weighted by molar-refractivity contribution is -0.130. The number of hydrogen-bond acceptors (Lipinski definition) is 7. The van der Waals surface area contributed by atoms with Gasteiger partial charge in [0.25, 0.3) is 0 Å². The van der Waals surface area contributed by atoms with Crippen molar-refractivity contribution in [3.63, 3.8) is 0 Å². The van der Waals surface area contributed by atoms with E-state index in [0.29, 0.717) is 32.7 Å². The molecule has 1 atom stereocenters. The second-order valence-corrected chi connectivity index (χ2v) is 8.04. The number of nitrogens with zero attached hydrogens (tertiary/aromatic N) is 6. The van der Waals surface area contributed by atoms with Gasteiger partial charge in [0, 0.05) is 20.2 Å². The Morgan fingerprint density at radius 3 is 2.80 bits per heavy atom. The molecule has 162 valence electrons. The van der Waals surface area contributed by atoms with Gasteiger partial charge >= 0.3 is 0 Å². The maximum absolute atomic E-state index is 13.1. The number of methoxy groups -OCH3 is 2. The van der Waals surface area contributed by atoms with Gasteiger partial charge in [0.2, 0.25) is 5.91 Å². The van der Waals surface area contributed by atoms with Crippen molar-refractivity contribution in [2.24, 2.45) is 0 Å². The summed E-state index contributed by atoms with van der Waals surface area (Å²) >= 11 is 0. The summed E-state index contributed by atoms with van der Waals surface area (Å²) in [5.41, 5.74) is 0.626. The molecule has 1 aromatic carbocycles. The largest absolute Gasteiger partial charge is 0.497 e. The number of hydrogen-bond donors (Lipinski definition) is 0. The zero-order chi connectivity index (χ0) is 21.0. The van der Waals surface area contributed by atoms with Crippen LogP contribution in [0.25, 0.3) is 0 Å². The van der Waals surface area contributed by atoms with Crippen LogP contribution in [0.3, 0.4) is 0 Å². The first-order chi connectivity index (χ1) is 14.7. The van der Waals surface area contributed by atoms with E-state index in [1.807, 2.05) is 33.8 Å². The highest BCUT2D eigenvalue weighted by Crippen LogP contribution is 2.39. The van der Waals surface area contributed by atoms with Crippen molar-refractivity contribution in [1.82, 2.24) is 30.0 Å². The van der Waals surface area contributed by atoms with E-state index in [1.165, 1.54) is 12.8 Å². The van der Waals surface area contributed by atoms with Gasteiger partial charge in [0.05, 0.1) is 26.7 Å². The van der Waals surface area contributed by atoms with Crippen molar-refractivity contribution in [2.75, 3.05) is 47.0 Å². The molecule has 1 aromatic heterocycles. The molecule has 0 aliphatic carbocycles. The summed E-state index contributed by atoms with van der Waals surface area (Å²) in [5.74, 6) is 1.74. The SMILES string of the molecule is COCCn1nnnc1C1(N2CCCC2)CCN(C(=O)Cc2cccc(OC)c2)C1. The number of carbonyl (C=O) groups is 1. The lowest BCUT2D eigenvalue weighted by Gasteiger charge is -2.37. The molecule has 0 saturated carbocycles. The van der Waals surface area contributed by atoms with E-state index in [-0.39, 0.29) is 11.4 Å². The van der Waals surface area contributed by atoms with Crippen LogP contribution in [0.15, 0.2) is 24.3 Å². The van der Waals surface area contributed by atoms with E-state index in [4.69, 9.17) is 9.47 Å². The van der Waals surface area contributed by atoms with Crippen LogP contribution in [0.5, 0.6) is 5.75 Å². The fourth-order valence-electron chi connectivity index (χ4n) is 4.67. The van der Waals surface area contributed by atoms with Crippen molar-refractivity contribution in [1.29, 1.82) is 0 Å². The van der Waals surface area contributed by atoms with E-state index in [9.17, 15) is 4.79 Å². The van der Waals surface area contributed by atoms with Crippen LogP contribution >= 0.6 is 0 Å². The van der Waals surface area contributed by atoms with Crippen LogP contribution < -0.4 is 4.74 Å². The van der Waals surface area contributed by atoms with Gasteiger partial charge in [0.1, 0.15) is 11.3 Å². The molecular weight excluding hydrogens is 384 g/mol. The van der Waals surface area contributed by atoms with Gasteiger partial charge < -0.3 is 14.4 Å². The predicted molar refractivity (Wildman–Crippen MR) is 110 cm³/mol. The highest BCUT2D eigenvalue weighted by atomic mass is 16.5. The minimum atomic E-state index is -0.336. The van der Waals surface area contributed by atoms with Gasteiger partial charge in [-0.1, -0.05) is 12.1 Å². The van der Waals surface area contributed by atoms with E-state index >= 15 is 0 Å². The molecule has 30 heavy (non-hydrogen) atoms. The third-order valence-electron chi connectivity index (χ3n) is 6.26. The second kappa shape index (κ2) is 9.09. The number of aromatic nitrogens is 4. The van der Waals surface area contributed by atoms with Crippen LogP contribution in [-0.4, -0.2) is 82.9 Å². The zero-order valence-electron chi connectivity index (χ0n) is 17.8.